The van der Waals surface area contributed by atoms with Crippen molar-refractivity contribution in [3.8, 4) is 0 Å². The summed E-state index contributed by atoms with van der Waals surface area (Å²) in [4.78, 5) is 25.2. The zero-order chi connectivity index (χ0) is 18.1. The summed E-state index contributed by atoms with van der Waals surface area (Å²) in [5.41, 5.74) is 2.07. The fourth-order valence-electron chi connectivity index (χ4n) is 2.89. The fraction of sp³-hybridized carbons (Fsp3) is 0.278. The minimum absolute atomic E-state index is 0.208. The second-order valence-electron chi connectivity index (χ2n) is 6.02. The number of rotatable bonds is 4. The van der Waals surface area contributed by atoms with E-state index in [0.29, 0.717) is 12.1 Å². The van der Waals surface area contributed by atoms with E-state index in [0.717, 1.165) is 21.1 Å². The van der Waals surface area contributed by atoms with Gasteiger partial charge in [-0.25, -0.2) is 0 Å². The summed E-state index contributed by atoms with van der Waals surface area (Å²) in [6, 6.07) is 8.95. The van der Waals surface area contributed by atoms with E-state index in [1.807, 2.05) is 37.3 Å². The Morgan fingerprint density at radius 2 is 2.12 bits per heavy atom. The summed E-state index contributed by atoms with van der Waals surface area (Å²) >= 11 is 3.41. The van der Waals surface area contributed by atoms with Crippen LogP contribution in [0.1, 0.15) is 24.2 Å². The number of carbonyl (C=O) groups excluding carboxylic acids is 1. The lowest BCUT2D eigenvalue weighted by Gasteiger charge is -2.15. The predicted molar refractivity (Wildman–Crippen MR) is 100 cm³/mol. The average molecular weight is 403 g/mol. The van der Waals surface area contributed by atoms with Crippen LogP contribution in [0, 0.1) is 6.92 Å². The molecule has 130 valence electrons. The minimum Gasteiger partial charge on any atom is -0.350 e. The van der Waals surface area contributed by atoms with Gasteiger partial charge in [-0.05, 0) is 37.6 Å². The molecule has 6 nitrogen and oxygen atoms in total. The third kappa shape index (κ3) is 3.37. The second kappa shape index (κ2) is 6.84. The Balaban J connectivity index is 1.82. The summed E-state index contributed by atoms with van der Waals surface area (Å²) in [6.45, 7) is 3.98. The number of amides is 1. The minimum atomic E-state index is -0.612. The van der Waals surface area contributed by atoms with Gasteiger partial charge in [0.2, 0.25) is 5.91 Å². The van der Waals surface area contributed by atoms with Crippen LogP contribution in [-0.2, 0) is 18.4 Å². The molecule has 0 radical (unpaired) electrons. The van der Waals surface area contributed by atoms with Gasteiger partial charge in [-0.15, -0.1) is 0 Å². The van der Waals surface area contributed by atoms with Crippen LogP contribution in [-0.4, -0.2) is 20.3 Å². The van der Waals surface area contributed by atoms with E-state index in [4.69, 9.17) is 0 Å². The molecule has 7 heteroatoms. The van der Waals surface area contributed by atoms with Gasteiger partial charge in [0.15, 0.2) is 0 Å². The topological polar surface area (TPSA) is 68.9 Å². The average Bonchev–Trinajstić information content (AvgIpc) is 2.87. The molecule has 1 N–H and O–H groups in total. The number of carbonyl (C=O) groups is 1. The number of nitrogens with one attached hydrogen (secondary N) is 1. The Labute approximate surface area is 153 Å². The van der Waals surface area contributed by atoms with Crippen LogP contribution >= 0.6 is 15.9 Å². The molecule has 0 saturated carbocycles. The molecule has 1 amide bonds. The molecule has 0 fully saturated rings. The molecule has 0 spiro atoms. The number of aryl methyl sites for hydroxylation is 2. The second-order valence-corrected chi connectivity index (χ2v) is 6.94. The van der Waals surface area contributed by atoms with Gasteiger partial charge in [-0.2, -0.15) is 5.10 Å². The number of fused-ring (bicyclic) bond motifs is 1. The third-order valence-electron chi connectivity index (χ3n) is 4.26. The van der Waals surface area contributed by atoms with Crippen LogP contribution in [0.3, 0.4) is 0 Å². The SMILES string of the molecule is Cc1nn(C)c2c(=O)n(C(C)C(=O)NCc3cccc(Br)c3)ccc12. The van der Waals surface area contributed by atoms with E-state index >= 15 is 0 Å². The highest BCUT2D eigenvalue weighted by Crippen LogP contribution is 2.15. The number of hydrogen-bond donors (Lipinski definition) is 1. The van der Waals surface area contributed by atoms with Crippen molar-refractivity contribution in [3.63, 3.8) is 0 Å². The van der Waals surface area contributed by atoms with Crippen LogP contribution in [0.2, 0.25) is 0 Å². The molecule has 0 aliphatic rings. The van der Waals surface area contributed by atoms with Crippen LogP contribution in [0.5, 0.6) is 0 Å². The van der Waals surface area contributed by atoms with Gasteiger partial charge in [-0.3, -0.25) is 14.3 Å². The predicted octanol–water partition coefficient (Wildman–Crippen LogP) is 2.68. The van der Waals surface area contributed by atoms with Crippen LogP contribution in [0.4, 0.5) is 0 Å². The van der Waals surface area contributed by atoms with E-state index < -0.39 is 6.04 Å². The number of hydrogen-bond acceptors (Lipinski definition) is 3. The maximum Gasteiger partial charge on any atom is 0.277 e. The van der Waals surface area contributed by atoms with Gasteiger partial charge in [-0.1, -0.05) is 28.1 Å². The molecule has 0 aliphatic heterocycles. The van der Waals surface area contributed by atoms with Crippen molar-refractivity contribution in [1.82, 2.24) is 19.7 Å². The molecule has 2 aromatic heterocycles. The van der Waals surface area contributed by atoms with Crippen molar-refractivity contribution in [3.05, 3.63) is 62.6 Å². The van der Waals surface area contributed by atoms with Crippen molar-refractivity contribution < 1.29 is 4.79 Å². The zero-order valence-corrected chi connectivity index (χ0v) is 15.9. The van der Waals surface area contributed by atoms with E-state index in [1.165, 1.54) is 4.57 Å². The molecular weight excluding hydrogens is 384 g/mol. The van der Waals surface area contributed by atoms with Crippen LogP contribution < -0.4 is 10.9 Å². The van der Waals surface area contributed by atoms with Crippen LogP contribution in [0.25, 0.3) is 10.9 Å². The Hall–Kier alpha value is -2.41. The maximum absolute atomic E-state index is 12.7. The summed E-state index contributed by atoms with van der Waals surface area (Å²) < 4.78 is 3.97. The number of aromatic nitrogens is 3. The van der Waals surface area contributed by atoms with Gasteiger partial charge in [0, 0.05) is 29.6 Å². The molecule has 3 rings (SSSR count). The normalized spacial score (nSPS) is 12.3. The molecule has 1 unspecified atom stereocenters. The maximum atomic E-state index is 12.7. The van der Waals surface area contributed by atoms with E-state index in [1.54, 1.807) is 24.9 Å². The van der Waals surface area contributed by atoms with Gasteiger partial charge < -0.3 is 9.88 Å². The Bertz CT molecular complexity index is 1010. The van der Waals surface area contributed by atoms with Gasteiger partial charge in [0.25, 0.3) is 5.56 Å². The lowest BCUT2D eigenvalue weighted by molar-refractivity contribution is -0.124. The molecule has 1 atom stereocenters. The number of halogens is 1. The third-order valence-corrected chi connectivity index (χ3v) is 4.75. The zero-order valence-electron chi connectivity index (χ0n) is 14.3. The monoisotopic (exact) mass is 402 g/mol. The Morgan fingerprint density at radius 3 is 2.84 bits per heavy atom. The smallest absolute Gasteiger partial charge is 0.277 e. The van der Waals surface area contributed by atoms with Crippen molar-refractivity contribution in [2.45, 2.75) is 26.4 Å². The highest BCUT2D eigenvalue weighted by Gasteiger charge is 2.19. The molecule has 1 aromatic carbocycles. The first-order valence-electron chi connectivity index (χ1n) is 7.95. The lowest BCUT2D eigenvalue weighted by Crippen LogP contribution is -2.35. The number of benzene rings is 1. The van der Waals surface area contributed by atoms with E-state index in [9.17, 15) is 9.59 Å². The molecule has 3 aromatic rings. The van der Waals surface area contributed by atoms with Crippen LogP contribution in [0.15, 0.2) is 45.8 Å². The fourth-order valence-corrected chi connectivity index (χ4v) is 3.33. The first kappa shape index (κ1) is 17.4. The highest BCUT2D eigenvalue weighted by molar-refractivity contribution is 9.10. The molecule has 0 aliphatic carbocycles. The van der Waals surface area contributed by atoms with Crippen molar-refractivity contribution in [2.75, 3.05) is 0 Å². The summed E-state index contributed by atoms with van der Waals surface area (Å²) in [5, 5.41) is 7.97. The largest absolute Gasteiger partial charge is 0.350 e. The van der Waals surface area contributed by atoms with Gasteiger partial charge >= 0.3 is 0 Å². The first-order valence-corrected chi connectivity index (χ1v) is 8.74. The van der Waals surface area contributed by atoms with E-state index in [2.05, 4.69) is 26.3 Å². The Kier molecular flexibility index (Phi) is 4.76. The van der Waals surface area contributed by atoms with Gasteiger partial charge in [0.1, 0.15) is 11.6 Å². The molecule has 0 bridgehead atoms. The summed E-state index contributed by atoms with van der Waals surface area (Å²) in [6.07, 6.45) is 1.66. The Morgan fingerprint density at radius 1 is 1.36 bits per heavy atom. The number of nitrogens with zero attached hydrogens (tertiary/aromatic N) is 3. The van der Waals surface area contributed by atoms with Crippen molar-refractivity contribution >= 4 is 32.7 Å². The van der Waals surface area contributed by atoms with Gasteiger partial charge in [0.05, 0.1) is 5.69 Å². The molecule has 0 saturated heterocycles. The lowest BCUT2D eigenvalue weighted by atomic mass is 10.2. The number of pyridine rings is 1. The van der Waals surface area contributed by atoms with Crippen molar-refractivity contribution in [2.24, 2.45) is 7.05 Å². The quantitative estimate of drug-likeness (QED) is 0.729. The highest BCUT2D eigenvalue weighted by atomic mass is 79.9. The van der Waals surface area contributed by atoms with Crippen molar-refractivity contribution in [1.29, 1.82) is 0 Å². The first-order chi connectivity index (χ1) is 11.9. The summed E-state index contributed by atoms with van der Waals surface area (Å²) in [5.74, 6) is -0.208. The summed E-state index contributed by atoms with van der Waals surface area (Å²) in [7, 11) is 1.74. The molecule has 2 heterocycles. The standard InChI is InChI=1S/C18H19BrN4O2/c1-11-15-7-8-23(18(25)16(15)22(3)21-11)12(2)17(24)20-10-13-5-4-6-14(19)9-13/h4-9,12H,10H2,1-3H3,(H,20,24). The van der Waals surface area contributed by atoms with E-state index in [-0.39, 0.29) is 11.5 Å². The molecule has 25 heavy (non-hydrogen) atoms. The molecular formula is C18H19BrN4O2.